The van der Waals surface area contributed by atoms with Crippen LogP contribution in [0.2, 0.25) is 0 Å². The van der Waals surface area contributed by atoms with Crippen molar-refractivity contribution in [3.8, 4) is 5.75 Å². The number of hydrogen-bond acceptors (Lipinski definition) is 5. The summed E-state index contributed by atoms with van der Waals surface area (Å²) < 4.78 is 4.86. The van der Waals surface area contributed by atoms with Gasteiger partial charge in [-0.15, -0.1) is 0 Å². The highest BCUT2D eigenvalue weighted by Crippen LogP contribution is 2.20. The Bertz CT molecular complexity index is 363. The van der Waals surface area contributed by atoms with Gasteiger partial charge in [0.2, 0.25) is 0 Å². The Morgan fingerprint density at radius 1 is 1.35 bits per heavy atom. The SMILES string of the molecule is CNCC(O)C(O)c1ccc(OC(C)=O)cc1. The molecule has 0 aliphatic rings. The molecule has 3 N–H and O–H groups in total. The van der Waals surface area contributed by atoms with Crippen LogP contribution in [0.3, 0.4) is 0 Å². The Morgan fingerprint density at radius 3 is 2.41 bits per heavy atom. The molecular weight excluding hydrogens is 222 g/mol. The van der Waals surface area contributed by atoms with Crippen molar-refractivity contribution in [1.82, 2.24) is 5.32 Å². The van der Waals surface area contributed by atoms with Crippen molar-refractivity contribution in [2.24, 2.45) is 0 Å². The van der Waals surface area contributed by atoms with E-state index in [0.29, 0.717) is 17.9 Å². The van der Waals surface area contributed by atoms with Crippen LogP contribution in [0.4, 0.5) is 0 Å². The molecule has 0 radical (unpaired) electrons. The molecule has 0 fully saturated rings. The van der Waals surface area contributed by atoms with Gasteiger partial charge in [-0.3, -0.25) is 4.79 Å². The molecule has 0 saturated carbocycles. The van der Waals surface area contributed by atoms with Gasteiger partial charge in [0, 0.05) is 13.5 Å². The zero-order valence-electron chi connectivity index (χ0n) is 9.88. The smallest absolute Gasteiger partial charge is 0.308 e. The molecule has 2 unspecified atom stereocenters. The van der Waals surface area contributed by atoms with Gasteiger partial charge in [0.05, 0.1) is 6.10 Å². The van der Waals surface area contributed by atoms with E-state index in [1.165, 1.54) is 6.92 Å². The van der Waals surface area contributed by atoms with E-state index < -0.39 is 18.2 Å². The van der Waals surface area contributed by atoms with Gasteiger partial charge >= 0.3 is 5.97 Å². The number of rotatable bonds is 5. The van der Waals surface area contributed by atoms with E-state index in [0.717, 1.165) is 0 Å². The first-order valence-corrected chi connectivity index (χ1v) is 5.33. The quantitative estimate of drug-likeness (QED) is 0.506. The number of likely N-dealkylation sites (N-methyl/N-ethyl adjacent to an activating group) is 1. The minimum absolute atomic E-state index is 0.298. The molecule has 94 valence electrons. The van der Waals surface area contributed by atoms with Gasteiger partial charge in [-0.1, -0.05) is 12.1 Å². The Morgan fingerprint density at radius 2 is 1.94 bits per heavy atom. The predicted molar refractivity (Wildman–Crippen MR) is 62.6 cm³/mol. The van der Waals surface area contributed by atoms with Crippen molar-refractivity contribution < 1.29 is 19.7 Å². The highest BCUT2D eigenvalue weighted by Gasteiger charge is 2.17. The van der Waals surface area contributed by atoms with Crippen molar-refractivity contribution in [3.63, 3.8) is 0 Å². The molecule has 1 aromatic rings. The van der Waals surface area contributed by atoms with E-state index in [1.807, 2.05) is 0 Å². The van der Waals surface area contributed by atoms with Crippen LogP contribution in [-0.2, 0) is 4.79 Å². The Hall–Kier alpha value is -1.43. The van der Waals surface area contributed by atoms with Crippen molar-refractivity contribution in [2.45, 2.75) is 19.1 Å². The third-order valence-electron chi connectivity index (χ3n) is 2.26. The van der Waals surface area contributed by atoms with Crippen LogP contribution in [0, 0.1) is 0 Å². The first-order valence-electron chi connectivity index (χ1n) is 5.33. The van der Waals surface area contributed by atoms with Gasteiger partial charge in [-0.2, -0.15) is 0 Å². The van der Waals surface area contributed by atoms with Crippen LogP contribution in [0.5, 0.6) is 5.75 Å². The largest absolute Gasteiger partial charge is 0.427 e. The maximum atomic E-state index is 10.7. The molecule has 5 heteroatoms. The monoisotopic (exact) mass is 239 g/mol. The topological polar surface area (TPSA) is 78.8 Å². The number of carbonyl (C=O) groups is 1. The maximum Gasteiger partial charge on any atom is 0.308 e. The molecule has 0 aromatic heterocycles. The third kappa shape index (κ3) is 4.14. The van der Waals surface area contributed by atoms with Crippen LogP contribution in [-0.4, -0.2) is 35.9 Å². The molecule has 0 aliphatic heterocycles. The van der Waals surface area contributed by atoms with Crippen LogP contribution in [0.25, 0.3) is 0 Å². The van der Waals surface area contributed by atoms with E-state index in [-0.39, 0.29) is 0 Å². The Labute approximate surface area is 100 Å². The van der Waals surface area contributed by atoms with Crippen molar-refractivity contribution >= 4 is 5.97 Å². The van der Waals surface area contributed by atoms with E-state index in [4.69, 9.17) is 4.74 Å². The Balaban J connectivity index is 2.69. The summed E-state index contributed by atoms with van der Waals surface area (Å²) in [5.41, 5.74) is 0.573. The molecule has 1 aromatic carbocycles. The number of aliphatic hydroxyl groups is 2. The first-order chi connectivity index (χ1) is 8.04. The molecular formula is C12H17NO4. The first kappa shape index (κ1) is 13.6. The summed E-state index contributed by atoms with van der Waals surface area (Å²) in [5.74, 6) is 0.0186. The van der Waals surface area contributed by atoms with Gasteiger partial charge in [0.15, 0.2) is 0 Å². The summed E-state index contributed by atoms with van der Waals surface area (Å²) in [7, 11) is 1.69. The third-order valence-corrected chi connectivity index (χ3v) is 2.26. The summed E-state index contributed by atoms with van der Waals surface area (Å²) >= 11 is 0. The molecule has 0 saturated heterocycles. The summed E-state index contributed by atoms with van der Waals surface area (Å²) in [5, 5.41) is 22.2. The molecule has 17 heavy (non-hydrogen) atoms. The number of hydrogen-bond donors (Lipinski definition) is 3. The van der Waals surface area contributed by atoms with Gasteiger partial charge in [-0.05, 0) is 24.7 Å². The summed E-state index contributed by atoms with van der Waals surface area (Å²) in [6, 6.07) is 6.38. The second kappa shape index (κ2) is 6.34. The number of esters is 1. The standard InChI is InChI=1S/C12H17NO4/c1-8(14)17-10-5-3-9(4-6-10)12(16)11(15)7-13-2/h3-6,11-13,15-16H,7H2,1-2H3. The molecule has 0 bridgehead atoms. The number of carbonyl (C=O) groups excluding carboxylic acids is 1. The zero-order chi connectivity index (χ0) is 12.8. The molecule has 0 aliphatic carbocycles. The minimum Gasteiger partial charge on any atom is -0.427 e. The van der Waals surface area contributed by atoms with Gasteiger partial charge in [0.1, 0.15) is 11.9 Å². The fourth-order valence-corrected chi connectivity index (χ4v) is 1.44. The molecule has 2 atom stereocenters. The van der Waals surface area contributed by atoms with Crippen LogP contribution >= 0.6 is 0 Å². The molecule has 0 heterocycles. The Kier molecular flexibility index (Phi) is 5.09. The molecule has 0 spiro atoms. The van der Waals surface area contributed by atoms with Crippen molar-refractivity contribution in [1.29, 1.82) is 0 Å². The second-order valence-corrected chi connectivity index (χ2v) is 3.73. The lowest BCUT2D eigenvalue weighted by molar-refractivity contribution is -0.131. The number of nitrogens with one attached hydrogen (secondary N) is 1. The summed E-state index contributed by atoms with van der Waals surface area (Å²) in [6.07, 6.45) is -1.84. The normalized spacial score (nSPS) is 14.1. The van der Waals surface area contributed by atoms with Gasteiger partial charge in [0.25, 0.3) is 0 Å². The van der Waals surface area contributed by atoms with E-state index in [1.54, 1.807) is 31.3 Å². The zero-order valence-corrected chi connectivity index (χ0v) is 9.88. The van der Waals surface area contributed by atoms with Crippen LogP contribution < -0.4 is 10.1 Å². The molecule has 1 rings (SSSR count). The summed E-state index contributed by atoms with van der Waals surface area (Å²) in [4.78, 5) is 10.7. The maximum absolute atomic E-state index is 10.7. The lowest BCUT2D eigenvalue weighted by atomic mass is 10.0. The summed E-state index contributed by atoms with van der Waals surface area (Å²) in [6.45, 7) is 1.62. The van der Waals surface area contributed by atoms with E-state index >= 15 is 0 Å². The second-order valence-electron chi connectivity index (χ2n) is 3.73. The van der Waals surface area contributed by atoms with E-state index in [9.17, 15) is 15.0 Å². The van der Waals surface area contributed by atoms with Crippen LogP contribution in [0.15, 0.2) is 24.3 Å². The van der Waals surface area contributed by atoms with Gasteiger partial charge in [-0.25, -0.2) is 0 Å². The lowest BCUT2D eigenvalue weighted by Crippen LogP contribution is -2.29. The fraction of sp³-hybridized carbons (Fsp3) is 0.417. The number of ether oxygens (including phenoxy) is 1. The van der Waals surface area contributed by atoms with E-state index in [2.05, 4.69) is 5.32 Å². The van der Waals surface area contributed by atoms with Crippen molar-refractivity contribution in [2.75, 3.05) is 13.6 Å². The average Bonchev–Trinajstić information content (AvgIpc) is 2.28. The van der Waals surface area contributed by atoms with Crippen LogP contribution in [0.1, 0.15) is 18.6 Å². The van der Waals surface area contributed by atoms with Crippen molar-refractivity contribution in [3.05, 3.63) is 29.8 Å². The van der Waals surface area contributed by atoms with Gasteiger partial charge < -0.3 is 20.3 Å². The number of benzene rings is 1. The lowest BCUT2D eigenvalue weighted by Gasteiger charge is -2.17. The minimum atomic E-state index is -0.964. The fourth-order valence-electron chi connectivity index (χ4n) is 1.44. The highest BCUT2D eigenvalue weighted by atomic mass is 16.5. The number of aliphatic hydroxyl groups excluding tert-OH is 2. The molecule has 5 nitrogen and oxygen atoms in total. The average molecular weight is 239 g/mol. The molecule has 0 amide bonds. The highest BCUT2D eigenvalue weighted by molar-refractivity contribution is 5.69. The predicted octanol–water partition coefficient (Wildman–Crippen LogP) is 0.226.